The molecule has 0 saturated carbocycles. The Morgan fingerprint density at radius 1 is 1.18 bits per heavy atom. The SMILES string of the molecule is O=C(NCc1nnc(-c2cccnc2)o1)c1ccc(Br)cc1. The third-order valence-electron chi connectivity index (χ3n) is 2.88. The van der Waals surface area contributed by atoms with E-state index in [1.807, 2.05) is 18.2 Å². The third-order valence-corrected chi connectivity index (χ3v) is 3.41. The molecular formula is C15H11BrN4O2. The van der Waals surface area contributed by atoms with Crippen LogP contribution in [0.5, 0.6) is 0 Å². The zero-order chi connectivity index (χ0) is 15.4. The van der Waals surface area contributed by atoms with Gasteiger partial charge in [0.05, 0.1) is 12.1 Å². The first kappa shape index (κ1) is 14.4. The maximum atomic E-state index is 12.0. The molecule has 1 aromatic carbocycles. The lowest BCUT2D eigenvalue weighted by atomic mass is 10.2. The standard InChI is InChI=1S/C15H11BrN4O2/c16-12-5-3-10(4-6-12)14(21)18-9-13-19-20-15(22-13)11-2-1-7-17-8-11/h1-8H,9H2,(H,18,21). The molecule has 22 heavy (non-hydrogen) atoms. The molecule has 6 nitrogen and oxygen atoms in total. The molecule has 110 valence electrons. The van der Waals surface area contributed by atoms with E-state index in [2.05, 4.69) is 36.4 Å². The van der Waals surface area contributed by atoms with Gasteiger partial charge in [-0.05, 0) is 36.4 Å². The van der Waals surface area contributed by atoms with Crippen molar-refractivity contribution in [3.8, 4) is 11.5 Å². The van der Waals surface area contributed by atoms with Gasteiger partial charge in [-0.25, -0.2) is 0 Å². The number of nitrogens with one attached hydrogen (secondary N) is 1. The van der Waals surface area contributed by atoms with Crippen LogP contribution in [0.3, 0.4) is 0 Å². The van der Waals surface area contributed by atoms with Gasteiger partial charge >= 0.3 is 0 Å². The number of halogens is 1. The third kappa shape index (κ3) is 3.37. The average molecular weight is 359 g/mol. The lowest BCUT2D eigenvalue weighted by Crippen LogP contribution is -2.22. The van der Waals surface area contributed by atoms with Gasteiger partial charge in [0.25, 0.3) is 5.91 Å². The highest BCUT2D eigenvalue weighted by molar-refractivity contribution is 9.10. The summed E-state index contributed by atoms with van der Waals surface area (Å²) in [5, 5.41) is 10.6. The second-order valence-electron chi connectivity index (χ2n) is 4.43. The minimum atomic E-state index is -0.200. The molecule has 0 aliphatic rings. The van der Waals surface area contributed by atoms with E-state index in [0.29, 0.717) is 17.3 Å². The fourth-order valence-electron chi connectivity index (χ4n) is 1.79. The maximum Gasteiger partial charge on any atom is 0.251 e. The van der Waals surface area contributed by atoms with E-state index in [-0.39, 0.29) is 12.5 Å². The Hall–Kier alpha value is -2.54. The van der Waals surface area contributed by atoms with Gasteiger partial charge < -0.3 is 9.73 Å². The Morgan fingerprint density at radius 3 is 2.73 bits per heavy atom. The zero-order valence-electron chi connectivity index (χ0n) is 11.4. The monoisotopic (exact) mass is 358 g/mol. The van der Waals surface area contributed by atoms with Crippen molar-refractivity contribution in [1.29, 1.82) is 0 Å². The number of nitrogens with zero attached hydrogens (tertiary/aromatic N) is 3. The fraction of sp³-hybridized carbons (Fsp3) is 0.0667. The Labute approximate surface area is 134 Å². The largest absolute Gasteiger partial charge is 0.419 e. The van der Waals surface area contributed by atoms with Crippen LogP contribution in [-0.4, -0.2) is 21.1 Å². The molecule has 3 aromatic rings. The van der Waals surface area contributed by atoms with Crippen molar-refractivity contribution in [3.05, 3.63) is 64.7 Å². The van der Waals surface area contributed by atoms with Crippen molar-refractivity contribution in [1.82, 2.24) is 20.5 Å². The van der Waals surface area contributed by atoms with Crippen LogP contribution < -0.4 is 5.32 Å². The smallest absolute Gasteiger partial charge is 0.251 e. The molecule has 0 unspecified atom stereocenters. The van der Waals surface area contributed by atoms with Gasteiger partial charge in [-0.15, -0.1) is 10.2 Å². The minimum absolute atomic E-state index is 0.169. The van der Waals surface area contributed by atoms with Crippen LogP contribution in [0.15, 0.2) is 57.7 Å². The molecule has 0 aliphatic heterocycles. The van der Waals surface area contributed by atoms with Crippen LogP contribution >= 0.6 is 15.9 Å². The van der Waals surface area contributed by atoms with Crippen LogP contribution in [0.4, 0.5) is 0 Å². The average Bonchev–Trinajstić information content (AvgIpc) is 3.03. The maximum absolute atomic E-state index is 12.0. The number of aromatic nitrogens is 3. The molecule has 0 radical (unpaired) electrons. The number of amides is 1. The molecule has 1 amide bonds. The molecule has 3 rings (SSSR count). The number of carbonyl (C=O) groups excluding carboxylic acids is 1. The van der Waals surface area contributed by atoms with E-state index in [9.17, 15) is 4.79 Å². The Kier molecular flexibility index (Phi) is 4.24. The summed E-state index contributed by atoms with van der Waals surface area (Å²) in [6, 6.07) is 10.7. The first-order chi connectivity index (χ1) is 10.7. The summed E-state index contributed by atoms with van der Waals surface area (Å²) in [7, 11) is 0. The lowest BCUT2D eigenvalue weighted by Gasteiger charge is -2.02. The Morgan fingerprint density at radius 2 is 2.00 bits per heavy atom. The van der Waals surface area contributed by atoms with Gasteiger partial charge in [0.1, 0.15) is 0 Å². The van der Waals surface area contributed by atoms with E-state index in [1.54, 1.807) is 30.6 Å². The normalized spacial score (nSPS) is 10.4. The van der Waals surface area contributed by atoms with Gasteiger partial charge in [-0.1, -0.05) is 15.9 Å². The van der Waals surface area contributed by atoms with Crippen LogP contribution in [-0.2, 0) is 6.54 Å². The summed E-state index contributed by atoms with van der Waals surface area (Å²) >= 11 is 3.33. The van der Waals surface area contributed by atoms with E-state index >= 15 is 0 Å². The molecule has 0 bridgehead atoms. The van der Waals surface area contributed by atoms with E-state index in [1.165, 1.54) is 0 Å². The Balaban J connectivity index is 1.64. The van der Waals surface area contributed by atoms with Crippen molar-refractivity contribution in [3.63, 3.8) is 0 Å². The van der Waals surface area contributed by atoms with E-state index in [4.69, 9.17) is 4.42 Å². The second kappa shape index (κ2) is 6.48. The van der Waals surface area contributed by atoms with Crippen LogP contribution in [0, 0.1) is 0 Å². The van der Waals surface area contributed by atoms with Gasteiger partial charge in [-0.3, -0.25) is 9.78 Å². The summed E-state index contributed by atoms with van der Waals surface area (Å²) in [5.41, 5.74) is 1.30. The second-order valence-corrected chi connectivity index (χ2v) is 5.35. The fourth-order valence-corrected chi connectivity index (χ4v) is 2.05. The van der Waals surface area contributed by atoms with Crippen LogP contribution in [0.25, 0.3) is 11.5 Å². The topological polar surface area (TPSA) is 80.9 Å². The van der Waals surface area contributed by atoms with Crippen molar-refractivity contribution in [2.75, 3.05) is 0 Å². The van der Waals surface area contributed by atoms with Gasteiger partial charge in [0.2, 0.25) is 11.8 Å². The number of hydrogen-bond donors (Lipinski definition) is 1. The predicted octanol–water partition coefficient (Wildman–Crippen LogP) is 2.82. The van der Waals surface area contributed by atoms with Gasteiger partial charge in [0, 0.05) is 22.4 Å². The molecule has 7 heteroatoms. The molecule has 0 spiro atoms. The molecule has 0 atom stereocenters. The number of rotatable bonds is 4. The summed E-state index contributed by atoms with van der Waals surface area (Å²) in [5.74, 6) is 0.513. The quantitative estimate of drug-likeness (QED) is 0.775. The first-order valence-corrected chi connectivity index (χ1v) is 7.28. The van der Waals surface area contributed by atoms with Gasteiger partial charge in [-0.2, -0.15) is 0 Å². The Bertz CT molecular complexity index is 772. The molecule has 2 aromatic heterocycles. The van der Waals surface area contributed by atoms with Crippen LogP contribution in [0.1, 0.15) is 16.2 Å². The molecule has 0 aliphatic carbocycles. The number of hydrogen-bond acceptors (Lipinski definition) is 5. The molecular weight excluding hydrogens is 348 g/mol. The van der Waals surface area contributed by atoms with Crippen LogP contribution in [0.2, 0.25) is 0 Å². The van der Waals surface area contributed by atoms with Crippen molar-refractivity contribution < 1.29 is 9.21 Å². The molecule has 2 heterocycles. The highest BCUT2D eigenvalue weighted by Gasteiger charge is 2.10. The van der Waals surface area contributed by atoms with Gasteiger partial charge in [0.15, 0.2) is 0 Å². The number of pyridine rings is 1. The number of carbonyl (C=O) groups is 1. The number of benzene rings is 1. The molecule has 0 saturated heterocycles. The highest BCUT2D eigenvalue weighted by Crippen LogP contribution is 2.16. The minimum Gasteiger partial charge on any atom is -0.419 e. The van der Waals surface area contributed by atoms with Crippen molar-refractivity contribution in [2.45, 2.75) is 6.54 Å². The van der Waals surface area contributed by atoms with E-state index < -0.39 is 0 Å². The summed E-state index contributed by atoms with van der Waals surface area (Å²) in [4.78, 5) is 16.0. The molecule has 0 fully saturated rings. The first-order valence-electron chi connectivity index (χ1n) is 6.49. The van der Waals surface area contributed by atoms with E-state index in [0.717, 1.165) is 10.0 Å². The summed E-state index contributed by atoms with van der Waals surface area (Å²) in [6.45, 7) is 0.169. The predicted molar refractivity (Wildman–Crippen MR) is 82.8 cm³/mol. The summed E-state index contributed by atoms with van der Waals surface area (Å²) in [6.07, 6.45) is 3.30. The van der Waals surface area contributed by atoms with Crippen molar-refractivity contribution >= 4 is 21.8 Å². The lowest BCUT2D eigenvalue weighted by molar-refractivity contribution is 0.0947. The highest BCUT2D eigenvalue weighted by atomic mass is 79.9. The zero-order valence-corrected chi connectivity index (χ0v) is 12.9. The van der Waals surface area contributed by atoms with Crippen molar-refractivity contribution in [2.24, 2.45) is 0 Å². The molecule has 1 N–H and O–H groups in total. The summed E-state index contributed by atoms with van der Waals surface area (Å²) < 4.78 is 6.41.